The van der Waals surface area contributed by atoms with E-state index in [9.17, 15) is 4.79 Å². The number of amides is 2. The highest BCUT2D eigenvalue weighted by Crippen LogP contribution is 2.55. The van der Waals surface area contributed by atoms with Gasteiger partial charge in [0.15, 0.2) is 0 Å². The zero-order chi connectivity index (χ0) is 14.6. The number of hydrogen-bond acceptors (Lipinski definition) is 1. The first-order chi connectivity index (χ1) is 10.0. The number of carbonyl (C=O) groups is 1. The molecular weight excluding hydrogens is 260 g/mol. The Hall–Kier alpha value is -0.730. The van der Waals surface area contributed by atoms with Crippen molar-refractivity contribution in [3.05, 3.63) is 0 Å². The van der Waals surface area contributed by atoms with Gasteiger partial charge in [0.25, 0.3) is 0 Å². The van der Waals surface area contributed by atoms with Gasteiger partial charge in [-0.3, -0.25) is 0 Å². The van der Waals surface area contributed by atoms with Crippen LogP contribution in [0.15, 0.2) is 0 Å². The first-order valence-corrected chi connectivity index (χ1v) is 9.08. The summed E-state index contributed by atoms with van der Waals surface area (Å²) in [7, 11) is 0. The molecule has 118 valence electrons. The Morgan fingerprint density at radius 2 is 1.38 bits per heavy atom. The summed E-state index contributed by atoms with van der Waals surface area (Å²) in [4.78, 5) is 14.9. The summed E-state index contributed by atoms with van der Waals surface area (Å²) in [6.45, 7) is 6.45. The molecule has 5 aliphatic rings. The molecule has 2 unspecified atom stereocenters. The first kappa shape index (κ1) is 13.9. The minimum atomic E-state index is 0.162. The summed E-state index contributed by atoms with van der Waals surface area (Å²) >= 11 is 0. The van der Waals surface area contributed by atoms with Crippen LogP contribution < -0.4 is 5.32 Å². The monoisotopic (exact) mass is 290 g/mol. The van der Waals surface area contributed by atoms with Gasteiger partial charge in [-0.25, -0.2) is 4.79 Å². The fourth-order valence-corrected chi connectivity index (χ4v) is 6.40. The van der Waals surface area contributed by atoms with E-state index in [1.54, 1.807) is 0 Å². The predicted molar refractivity (Wildman–Crippen MR) is 84.0 cm³/mol. The van der Waals surface area contributed by atoms with Crippen LogP contribution in [0.25, 0.3) is 0 Å². The van der Waals surface area contributed by atoms with Gasteiger partial charge < -0.3 is 10.2 Å². The van der Waals surface area contributed by atoms with Crippen molar-refractivity contribution in [2.24, 2.45) is 29.6 Å². The van der Waals surface area contributed by atoms with Gasteiger partial charge in [-0.15, -0.1) is 0 Å². The molecule has 0 radical (unpaired) electrons. The number of nitrogens with zero attached hydrogens (tertiary/aromatic N) is 1. The van der Waals surface area contributed by atoms with Gasteiger partial charge in [0.05, 0.1) is 0 Å². The van der Waals surface area contributed by atoms with E-state index in [1.165, 1.54) is 44.9 Å². The summed E-state index contributed by atoms with van der Waals surface area (Å²) < 4.78 is 0. The smallest absolute Gasteiger partial charge is 0.317 e. The molecule has 1 heterocycles. The molecule has 1 N–H and O–H groups in total. The zero-order valence-corrected chi connectivity index (χ0v) is 13.6. The standard InChI is InChI=1S/C18H30N2O/c1-12-3-13(2)11-20(10-12)17(21)19-18-7-14-4-15(8-18)6-16(5-14)9-18/h12-16H,3-11H2,1-2H3,(H,19,21). The van der Waals surface area contributed by atoms with E-state index < -0.39 is 0 Å². The van der Waals surface area contributed by atoms with Gasteiger partial charge in [0, 0.05) is 18.6 Å². The number of urea groups is 1. The third-order valence-electron chi connectivity index (χ3n) is 6.57. The van der Waals surface area contributed by atoms with Crippen LogP contribution >= 0.6 is 0 Å². The highest BCUT2D eigenvalue weighted by Gasteiger charge is 2.51. The molecule has 5 fully saturated rings. The number of likely N-dealkylation sites (tertiary alicyclic amines) is 1. The second kappa shape index (κ2) is 4.89. The van der Waals surface area contributed by atoms with E-state index in [-0.39, 0.29) is 11.6 Å². The number of rotatable bonds is 1. The number of hydrogen-bond donors (Lipinski definition) is 1. The van der Waals surface area contributed by atoms with Crippen LogP contribution in [-0.2, 0) is 0 Å². The van der Waals surface area contributed by atoms with Gasteiger partial charge in [0.1, 0.15) is 0 Å². The summed E-state index contributed by atoms with van der Waals surface area (Å²) in [6, 6.07) is 0.232. The fourth-order valence-electron chi connectivity index (χ4n) is 6.40. The maximum atomic E-state index is 12.8. The third kappa shape index (κ3) is 2.57. The van der Waals surface area contributed by atoms with Crippen molar-refractivity contribution in [1.29, 1.82) is 0 Å². The van der Waals surface area contributed by atoms with Crippen molar-refractivity contribution in [2.45, 2.75) is 64.3 Å². The van der Waals surface area contributed by atoms with Gasteiger partial charge in [-0.1, -0.05) is 13.8 Å². The molecule has 2 atom stereocenters. The van der Waals surface area contributed by atoms with E-state index in [2.05, 4.69) is 24.1 Å². The highest BCUT2D eigenvalue weighted by atomic mass is 16.2. The van der Waals surface area contributed by atoms with Crippen molar-refractivity contribution in [3.63, 3.8) is 0 Å². The van der Waals surface area contributed by atoms with Crippen molar-refractivity contribution in [1.82, 2.24) is 10.2 Å². The Morgan fingerprint density at radius 1 is 0.905 bits per heavy atom. The SMILES string of the molecule is CC1CC(C)CN(C(=O)NC23CC4CC(CC(C4)C2)C3)C1. The molecule has 0 spiro atoms. The molecule has 0 aromatic carbocycles. The minimum absolute atomic E-state index is 0.162. The van der Waals surface area contributed by atoms with Crippen molar-refractivity contribution in [3.8, 4) is 0 Å². The van der Waals surface area contributed by atoms with Crippen LogP contribution in [0.3, 0.4) is 0 Å². The van der Waals surface area contributed by atoms with Crippen LogP contribution in [0, 0.1) is 29.6 Å². The summed E-state index contributed by atoms with van der Waals surface area (Å²) in [5, 5.41) is 3.52. The quantitative estimate of drug-likeness (QED) is 0.785. The lowest BCUT2D eigenvalue weighted by molar-refractivity contribution is -0.0167. The third-order valence-corrected chi connectivity index (χ3v) is 6.57. The second-order valence-electron chi connectivity index (χ2n) is 8.98. The molecule has 4 saturated carbocycles. The molecule has 3 heteroatoms. The van der Waals surface area contributed by atoms with E-state index in [0.717, 1.165) is 30.8 Å². The Morgan fingerprint density at radius 3 is 1.86 bits per heavy atom. The maximum absolute atomic E-state index is 12.8. The topological polar surface area (TPSA) is 32.3 Å². The molecular formula is C18H30N2O. The zero-order valence-electron chi connectivity index (χ0n) is 13.6. The largest absolute Gasteiger partial charge is 0.333 e. The van der Waals surface area contributed by atoms with Crippen LogP contribution in [-0.4, -0.2) is 29.6 Å². The Balaban J connectivity index is 1.44. The van der Waals surface area contributed by atoms with E-state index >= 15 is 0 Å². The van der Waals surface area contributed by atoms with Crippen molar-refractivity contribution >= 4 is 6.03 Å². The molecule has 4 aliphatic carbocycles. The molecule has 3 nitrogen and oxygen atoms in total. The van der Waals surface area contributed by atoms with E-state index in [0.29, 0.717) is 11.8 Å². The molecule has 21 heavy (non-hydrogen) atoms. The van der Waals surface area contributed by atoms with Gasteiger partial charge >= 0.3 is 6.03 Å². The average Bonchev–Trinajstić information content (AvgIpc) is 2.35. The lowest BCUT2D eigenvalue weighted by atomic mass is 9.53. The van der Waals surface area contributed by atoms with Crippen LogP contribution in [0.1, 0.15) is 58.8 Å². The Bertz CT molecular complexity index is 388. The van der Waals surface area contributed by atoms with Gasteiger partial charge in [-0.2, -0.15) is 0 Å². The minimum Gasteiger partial charge on any atom is -0.333 e. The summed E-state index contributed by atoms with van der Waals surface area (Å²) in [5.74, 6) is 3.99. The van der Waals surface area contributed by atoms with Crippen molar-refractivity contribution < 1.29 is 4.79 Å². The normalized spacial score (nSPS) is 48.5. The Labute approximate surface area is 128 Å². The molecule has 0 aromatic heterocycles. The molecule has 1 aliphatic heterocycles. The van der Waals surface area contributed by atoms with E-state index in [4.69, 9.17) is 0 Å². The number of nitrogens with one attached hydrogen (secondary N) is 1. The van der Waals surface area contributed by atoms with Crippen LogP contribution in [0.5, 0.6) is 0 Å². The van der Waals surface area contributed by atoms with Gasteiger partial charge in [-0.05, 0) is 74.5 Å². The highest BCUT2D eigenvalue weighted by molar-refractivity contribution is 5.75. The summed E-state index contributed by atoms with van der Waals surface area (Å²) in [6.07, 6.45) is 9.34. The molecule has 4 bridgehead atoms. The first-order valence-electron chi connectivity index (χ1n) is 9.08. The second-order valence-corrected chi connectivity index (χ2v) is 8.98. The maximum Gasteiger partial charge on any atom is 0.317 e. The van der Waals surface area contributed by atoms with Crippen LogP contribution in [0.4, 0.5) is 4.79 Å². The number of carbonyl (C=O) groups excluding carboxylic acids is 1. The molecule has 2 amide bonds. The number of piperidine rings is 1. The van der Waals surface area contributed by atoms with Crippen LogP contribution in [0.2, 0.25) is 0 Å². The average molecular weight is 290 g/mol. The molecule has 0 aromatic rings. The predicted octanol–water partition coefficient (Wildman–Crippen LogP) is 3.64. The lowest BCUT2D eigenvalue weighted by Gasteiger charge is -2.57. The van der Waals surface area contributed by atoms with Gasteiger partial charge in [0.2, 0.25) is 0 Å². The van der Waals surface area contributed by atoms with E-state index in [1.807, 2.05) is 0 Å². The summed E-state index contributed by atoms with van der Waals surface area (Å²) in [5.41, 5.74) is 0.162. The fraction of sp³-hybridized carbons (Fsp3) is 0.944. The lowest BCUT2D eigenvalue weighted by Crippen LogP contribution is -2.62. The van der Waals surface area contributed by atoms with Crippen molar-refractivity contribution in [2.75, 3.05) is 13.1 Å². The Kier molecular flexibility index (Phi) is 3.24. The molecule has 1 saturated heterocycles. The molecule has 5 rings (SSSR count).